The highest BCUT2D eigenvalue weighted by molar-refractivity contribution is 5.37. The molecule has 2 aromatic rings. The lowest BCUT2D eigenvalue weighted by atomic mass is 10.1. The Morgan fingerprint density at radius 2 is 2.05 bits per heavy atom. The number of hydrogen-bond acceptors (Lipinski definition) is 7. The molecule has 2 heterocycles. The van der Waals surface area contributed by atoms with E-state index in [0.29, 0.717) is 11.9 Å². The number of hydrogen-bond donors (Lipinski definition) is 2. The SMILES string of the molecule is CCNc1nc(NC(C)c2cccnc2)nc(OC)n1. The average molecular weight is 274 g/mol. The average Bonchev–Trinajstić information content (AvgIpc) is 2.48. The van der Waals surface area contributed by atoms with Crippen molar-refractivity contribution < 1.29 is 4.74 Å². The van der Waals surface area contributed by atoms with E-state index < -0.39 is 0 Å². The molecule has 2 N–H and O–H groups in total. The molecule has 2 rings (SSSR count). The van der Waals surface area contributed by atoms with E-state index in [1.165, 1.54) is 7.11 Å². The third-order valence-corrected chi connectivity index (χ3v) is 2.66. The fraction of sp³-hybridized carbons (Fsp3) is 0.385. The number of nitrogens with zero attached hydrogens (tertiary/aromatic N) is 4. The van der Waals surface area contributed by atoms with E-state index >= 15 is 0 Å². The molecule has 0 aliphatic rings. The summed E-state index contributed by atoms with van der Waals surface area (Å²) in [5, 5.41) is 6.25. The molecule has 7 nitrogen and oxygen atoms in total. The molecule has 1 unspecified atom stereocenters. The van der Waals surface area contributed by atoms with Crippen LogP contribution in [0, 0.1) is 0 Å². The quantitative estimate of drug-likeness (QED) is 0.831. The molecular weight excluding hydrogens is 256 g/mol. The Morgan fingerprint density at radius 3 is 2.70 bits per heavy atom. The number of rotatable bonds is 6. The largest absolute Gasteiger partial charge is 0.467 e. The van der Waals surface area contributed by atoms with Crippen LogP contribution in [0.15, 0.2) is 24.5 Å². The zero-order valence-electron chi connectivity index (χ0n) is 11.8. The molecule has 0 spiro atoms. The van der Waals surface area contributed by atoms with E-state index in [0.717, 1.165) is 12.1 Å². The minimum Gasteiger partial charge on any atom is -0.467 e. The van der Waals surface area contributed by atoms with Crippen LogP contribution in [-0.4, -0.2) is 33.6 Å². The van der Waals surface area contributed by atoms with Gasteiger partial charge in [-0.1, -0.05) is 6.07 Å². The molecule has 0 aromatic carbocycles. The fourth-order valence-corrected chi connectivity index (χ4v) is 1.66. The molecular formula is C13H18N6O. The molecule has 0 aliphatic carbocycles. The van der Waals surface area contributed by atoms with E-state index in [2.05, 4.69) is 30.6 Å². The van der Waals surface area contributed by atoms with Crippen LogP contribution in [0.5, 0.6) is 6.01 Å². The molecule has 20 heavy (non-hydrogen) atoms. The molecule has 7 heteroatoms. The Kier molecular flexibility index (Phi) is 4.65. The molecule has 1 atom stereocenters. The highest BCUT2D eigenvalue weighted by atomic mass is 16.5. The smallest absolute Gasteiger partial charge is 0.322 e. The van der Waals surface area contributed by atoms with Crippen molar-refractivity contribution in [2.45, 2.75) is 19.9 Å². The molecule has 0 aliphatic heterocycles. The van der Waals surface area contributed by atoms with Gasteiger partial charge in [-0.15, -0.1) is 0 Å². The van der Waals surface area contributed by atoms with Crippen molar-refractivity contribution in [2.24, 2.45) is 0 Å². The van der Waals surface area contributed by atoms with Gasteiger partial charge in [0.25, 0.3) is 0 Å². The minimum atomic E-state index is 0.0327. The number of ether oxygens (including phenoxy) is 1. The van der Waals surface area contributed by atoms with Crippen molar-refractivity contribution >= 4 is 11.9 Å². The molecule has 0 amide bonds. The van der Waals surface area contributed by atoms with Gasteiger partial charge < -0.3 is 15.4 Å². The lowest BCUT2D eigenvalue weighted by Crippen LogP contribution is -2.13. The van der Waals surface area contributed by atoms with Crippen LogP contribution in [0.1, 0.15) is 25.5 Å². The van der Waals surface area contributed by atoms with Gasteiger partial charge in [-0.05, 0) is 25.5 Å². The van der Waals surface area contributed by atoms with Crippen molar-refractivity contribution in [1.82, 2.24) is 19.9 Å². The first kappa shape index (κ1) is 14.0. The highest BCUT2D eigenvalue weighted by Gasteiger charge is 2.10. The van der Waals surface area contributed by atoms with Gasteiger partial charge in [-0.25, -0.2) is 0 Å². The first-order valence-corrected chi connectivity index (χ1v) is 6.43. The van der Waals surface area contributed by atoms with Gasteiger partial charge in [-0.3, -0.25) is 4.98 Å². The van der Waals surface area contributed by atoms with Gasteiger partial charge in [0.15, 0.2) is 0 Å². The highest BCUT2D eigenvalue weighted by Crippen LogP contribution is 2.17. The van der Waals surface area contributed by atoms with Gasteiger partial charge in [-0.2, -0.15) is 15.0 Å². The van der Waals surface area contributed by atoms with Crippen molar-refractivity contribution in [3.63, 3.8) is 0 Å². The summed E-state index contributed by atoms with van der Waals surface area (Å²) in [6.07, 6.45) is 3.55. The van der Waals surface area contributed by atoms with Gasteiger partial charge in [0, 0.05) is 18.9 Å². The maximum atomic E-state index is 5.07. The Labute approximate surface area is 117 Å². The van der Waals surface area contributed by atoms with Crippen LogP contribution in [0.2, 0.25) is 0 Å². The van der Waals surface area contributed by atoms with Crippen molar-refractivity contribution in [2.75, 3.05) is 24.3 Å². The fourth-order valence-electron chi connectivity index (χ4n) is 1.66. The van der Waals surface area contributed by atoms with E-state index in [1.54, 1.807) is 12.4 Å². The van der Waals surface area contributed by atoms with Crippen LogP contribution >= 0.6 is 0 Å². The molecule has 106 valence electrons. The second-order valence-electron chi connectivity index (χ2n) is 4.15. The van der Waals surface area contributed by atoms with E-state index in [9.17, 15) is 0 Å². The molecule has 0 saturated heterocycles. The zero-order valence-corrected chi connectivity index (χ0v) is 11.8. The molecule has 2 aromatic heterocycles. The summed E-state index contributed by atoms with van der Waals surface area (Å²) in [7, 11) is 1.53. The van der Waals surface area contributed by atoms with E-state index in [1.807, 2.05) is 26.0 Å². The second kappa shape index (κ2) is 6.65. The predicted octanol–water partition coefficient (Wildman–Crippen LogP) is 1.88. The van der Waals surface area contributed by atoms with Gasteiger partial charge >= 0.3 is 6.01 Å². The van der Waals surface area contributed by atoms with Crippen molar-refractivity contribution in [1.29, 1.82) is 0 Å². The third-order valence-electron chi connectivity index (χ3n) is 2.66. The van der Waals surface area contributed by atoms with Crippen LogP contribution in [0.4, 0.5) is 11.9 Å². The number of anilines is 2. The van der Waals surface area contributed by atoms with E-state index in [4.69, 9.17) is 4.74 Å². The zero-order chi connectivity index (χ0) is 14.4. The topological polar surface area (TPSA) is 84.9 Å². The summed E-state index contributed by atoms with van der Waals surface area (Å²) in [6.45, 7) is 4.71. The van der Waals surface area contributed by atoms with Crippen molar-refractivity contribution in [3.05, 3.63) is 30.1 Å². The van der Waals surface area contributed by atoms with Gasteiger partial charge in [0.2, 0.25) is 11.9 Å². The lowest BCUT2D eigenvalue weighted by molar-refractivity contribution is 0.379. The number of methoxy groups -OCH3 is 1. The molecule has 0 saturated carbocycles. The monoisotopic (exact) mass is 274 g/mol. The van der Waals surface area contributed by atoms with Crippen LogP contribution in [0.3, 0.4) is 0 Å². The maximum Gasteiger partial charge on any atom is 0.322 e. The van der Waals surface area contributed by atoms with Gasteiger partial charge in [0.1, 0.15) is 0 Å². The number of pyridine rings is 1. The minimum absolute atomic E-state index is 0.0327. The van der Waals surface area contributed by atoms with Crippen molar-refractivity contribution in [3.8, 4) is 6.01 Å². The molecule has 0 fully saturated rings. The third kappa shape index (κ3) is 3.53. The van der Waals surface area contributed by atoms with E-state index in [-0.39, 0.29) is 12.1 Å². The first-order valence-electron chi connectivity index (χ1n) is 6.43. The Hall–Kier alpha value is -2.44. The lowest BCUT2D eigenvalue weighted by Gasteiger charge is -2.14. The Morgan fingerprint density at radius 1 is 1.25 bits per heavy atom. The summed E-state index contributed by atoms with van der Waals surface area (Å²) in [4.78, 5) is 16.7. The van der Waals surface area contributed by atoms with Gasteiger partial charge in [0.05, 0.1) is 13.2 Å². The summed E-state index contributed by atoms with van der Waals surface area (Å²) in [5.41, 5.74) is 1.05. The maximum absolute atomic E-state index is 5.07. The van der Waals surface area contributed by atoms with Crippen LogP contribution in [-0.2, 0) is 0 Å². The van der Waals surface area contributed by atoms with Crippen LogP contribution < -0.4 is 15.4 Å². The molecule has 0 radical (unpaired) electrons. The summed E-state index contributed by atoms with van der Waals surface area (Å²) < 4.78 is 5.07. The first-order chi connectivity index (χ1) is 9.72. The van der Waals surface area contributed by atoms with Crippen LogP contribution in [0.25, 0.3) is 0 Å². The predicted molar refractivity (Wildman–Crippen MR) is 76.8 cm³/mol. The summed E-state index contributed by atoms with van der Waals surface area (Å²) in [5.74, 6) is 0.949. The summed E-state index contributed by atoms with van der Waals surface area (Å²) >= 11 is 0. The summed E-state index contributed by atoms with van der Waals surface area (Å²) in [6, 6.07) is 4.20. The number of nitrogens with one attached hydrogen (secondary N) is 2. The normalized spacial score (nSPS) is 11.8. The Balaban J connectivity index is 2.17. The Bertz CT molecular complexity index is 548. The second-order valence-corrected chi connectivity index (χ2v) is 4.15. The molecule has 0 bridgehead atoms. The number of aromatic nitrogens is 4. The standard InChI is InChI=1S/C13H18N6O/c1-4-15-11-17-12(19-13(18-11)20-3)16-9(2)10-6-5-7-14-8-10/h5-9H,4H2,1-3H3,(H2,15,16,17,18,19).